The van der Waals surface area contributed by atoms with Crippen LogP contribution in [0.25, 0.3) is 0 Å². The highest BCUT2D eigenvalue weighted by Crippen LogP contribution is 2.47. The number of hydroxylamine groups is 2. The van der Waals surface area contributed by atoms with Crippen molar-refractivity contribution in [2.45, 2.75) is 74.5 Å². The van der Waals surface area contributed by atoms with Crippen LogP contribution in [0.2, 0.25) is 0 Å². The van der Waals surface area contributed by atoms with Crippen molar-refractivity contribution in [1.29, 1.82) is 0 Å². The molecule has 0 saturated carbocycles. The van der Waals surface area contributed by atoms with Crippen LogP contribution in [0.3, 0.4) is 0 Å². The Morgan fingerprint density at radius 3 is 2.79 bits per heavy atom. The Labute approximate surface area is 175 Å². The molecule has 7 heteroatoms. The summed E-state index contributed by atoms with van der Waals surface area (Å²) >= 11 is 0. The number of aliphatic hydroxyl groups is 1. The fourth-order valence-corrected chi connectivity index (χ4v) is 6.84. The average molecular weight is 423 g/mol. The molecule has 1 aromatic carbocycles. The molecule has 2 unspecified atom stereocenters. The molecule has 4 rings (SSSR count). The summed E-state index contributed by atoms with van der Waals surface area (Å²) in [5.41, 5.74) is 2.93. The van der Waals surface area contributed by atoms with Gasteiger partial charge in [0.1, 0.15) is 18.0 Å². The summed E-state index contributed by atoms with van der Waals surface area (Å²) in [6.07, 6.45) is 3.14. The van der Waals surface area contributed by atoms with E-state index in [1.807, 2.05) is 49.3 Å². The number of aryl methyl sites for hydroxylation is 1. The lowest BCUT2D eigenvalue weighted by Gasteiger charge is -2.36. The van der Waals surface area contributed by atoms with Gasteiger partial charge in [-0.1, -0.05) is 27.7 Å². The monoisotopic (exact) mass is 422 g/mol. The summed E-state index contributed by atoms with van der Waals surface area (Å²) in [6.45, 7) is 9.13. The number of ether oxygens (including phenoxy) is 1. The van der Waals surface area contributed by atoms with Crippen LogP contribution in [0.15, 0.2) is 28.7 Å². The summed E-state index contributed by atoms with van der Waals surface area (Å²) in [6, 6.07) is 4.42. The Kier molecular flexibility index (Phi) is 5.53. The van der Waals surface area contributed by atoms with Crippen LogP contribution in [-0.4, -0.2) is 51.8 Å². The molecular weight excluding hydrogens is 392 g/mol. The number of benzene rings is 1. The third-order valence-electron chi connectivity index (χ3n) is 6.07. The zero-order valence-electron chi connectivity index (χ0n) is 17.0. The van der Waals surface area contributed by atoms with E-state index in [9.17, 15) is 10.3 Å². The summed E-state index contributed by atoms with van der Waals surface area (Å²) in [7, 11) is 3.71. The van der Waals surface area contributed by atoms with E-state index < -0.39 is 11.6 Å². The van der Waals surface area contributed by atoms with Crippen molar-refractivity contribution in [1.82, 2.24) is 10.4 Å². The van der Waals surface area contributed by atoms with Crippen LogP contribution >= 0.6 is 21.6 Å². The Balaban J connectivity index is 1.33. The van der Waals surface area contributed by atoms with E-state index in [1.54, 1.807) is 0 Å². The Morgan fingerprint density at radius 2 is 2.07 bits per heavy atom. The molecule has 0 radical (unpaired) electrons. The summed E-state index contributed by atoms with van der Waals surface area (Å²) in [4.78, 5) is 1.36. The molecule has 0 aliphatic carbocycles. The maximum atomic E-state index is 10.7. The highest BCUT2D eigenvalue weighted by atomic mass is 33.1. The van der Waals surface area contributed by atoms with Crippen LogP contribution in [0.5, 0.6) is 5.75 Å². The summed E-state index contributed by atoms with van der Waals surface area (Å²) in [5.74, 6) is 1.96. The molecule has 154 valence electrons. The quantitative estimate of drug-likeness (QED) is 0.493. The molecule has 2 atom stereocenters. The van der Waals surface area contributed by atoms with Gasteiger partial charge in [0.05, 0.1) is 11.1 Å². The fourth-order valence-electron chi connectivity index (χ4n) is 4.36. The van der Waals surface area contributed by atoms with Crippen molar-refractivity contribution in [3.63, 3.8) is 0 Å². The smallest absolute Gasteiger partial charge is 0.126 e. The lowest BCUT2D eigenvalue weighted by Crippen LogP contribution is -2.49. The molecule has 3 heterocycles. The van der Waals surface area contributed by atoms with Gasteiger partial charge < -0.3 is 20.4 Å². The Bertz CT molecular complexity index is 794. The van der Waals surface area contributed by atoms with Gasteiger partial charge in [0.25, 0.3) is 0 Å². The second-order valence-electron chi connectivity index (χ2n) is 9.00. The lowest BCUT2D eigenvalue weighted by atomic mass is 9.96. The first kappa shape index (κ1) is 20.6. The first-order valence-corrected chi connectivity index (χ1v) is 12.2. The topological polar surface area (TPSA) is 65.0 Å². The molecule has 0 spiro atoms. The molecule has 0 aromatic heterocycles. The maximum Gasteiger partial charge on any atom is 0.126 e. The Morgan fingerprint density at radius 1 is 1.29 bits per heavy atom. The number of nitrogens with one attached hydrogen (secondary N) is 1. The molecule has 28 heavy (non-hydrogen) atoms. The average Bonchev–Trinajstić information content (AvgIpc) is 3.16. The van der Waals surface area contributed by atoms with Crippen molar-refractivity contribution < 1.29 is 15.1 Å². The van der Waals surface area contributed by atoms with Crippen LogP contribution in [0.1, 0.15) is 45.2 Å². The van der Waals surface area contributed by atoms with Crippen LogP contribution in [0.4, 0.5) is 0 Å². The van der Waals surface area contributed by atoms with Gasteiger partial charge in [-0.05, 0) is 69.4 Å². The van der Waals surface area contributed by atoms with E-state index in [2.05, 4.69) is 23.5 Å². The molecule has 1 aromatic rings. The number of rotatable bonds is 5. The number of fused-ring (bicyclic) bond motifs is 2. The van der Waals surface area contributed by atoms with Gasteiger partial charge in [0.2, 0.25) is 0 Å². The van der Waals surface area contributed by atoms with Gasteiger partial charge in [-0.2, -0.15) is 5.06 Å². The molecule has 0 fully saturated rings. The normalized spacial score (nSPS) is 26.4. The van der Waals surface area contributed by atoms with Crippen molar-refractivity contribution in [3.05, 3.63) is 34.9 Å². The minimum absolute atomic E-state index is 0.184. The van der Waals surface area contributed by atoms with Gasteiger partial charge in [-0.25, -0.2) is 0 Å². The molecular formula is C21H30N2O3S2. The minimum atomic E-state index is -0.562. The molecule has 0 amide bonds. The minimum Gasteiger partial charge on any atom is -0.487 e. The molecule has 3 N–H and O–H groups in total. The van der Waals surface area contributed by atoms with Crippen LogP contribution < -0.4 is 10.1 Å². The zero-order valence-corrected chi connectivity index (χ0v) is 18.6. The first-order valence-electron chi connectivity index (χ1n) is 9.90. The number of hydrogen-bond acceptors (Lipinski definition) is 7. The molecule has 5 nitrogen and oxygen atoms in total. The highest BCUT2D eigenvalue weighted by Gasteiger charge is 2.44. The van der Waals surface area contributed by atoms with E-state index in [4.69, 9.17) is 4.74 Å². The first-order chi connectivity index (χ1) is 13.2. The largest absolute Gasteiger partial charge is 0.487 e. The third kappa shape index (κ3) is 3.73. The standard InChI is InChI=1S/C21H30N2O3S2/c1-20(2)9-15(21(3,4)23(20)25)10-22-11-16(24)17-6-5-13-8-19-14(12-27-28-19)7-18(13)26-17/h7-9,16-17,22,24-25H,5-6,10-12H2,1-4H3. The van der Waals surface area contributed by atoms with Gasteiger partial charge in [-0.15, -0.1) is 0 Å². The summed E-state index contributed by atoms with van der Waals surface area (Å²) in [5, 5.41) is 25.9. The number of aliphatic hydroxyl groups excluding tert-OH is 1. The van der Waals surface area contributed by atoms with Gasteiger partial charge in [-0.3, -0.25) is 0 Å². The van der Waals surface area contributed by atoms with Gasteiger partial charge in [0.15, 0.2) is 0 Å². The van der Waals surface area contributed by atoms with E-state index in [-0.39, 0.29) is 11.6 Å². The van der Waals surface area contributed by atoms with Gasteiger partial charge >= 0.3 is 0 Å². The van der Waals surface area contributed by atoms with E-state index in [0.717, 1.165) is 29.9 Å². The second kappa shape index (κ2) is 7.52. The molecule has 0 saturated heterocycles. The lowest BCUT2D eigenvalue weighted by molar-refractivity contribution is -0.185. The van der Waals surface area contributed by atoms with Gasteiger partial charge in [0, 0.05) is 23.7 Å². The van der Waals surface area contributed by atoms with Crippen LogP contribution in [0, 0.1) is 0 Å². The van der Waals surface area contributed by atoms with Crippen molar-refractivity contribution in [3.8, 4) is 5.75 Å². The SMILES string of the molecule is CC1(C)C=C(CNCC(O)C2CCc3cc4c(cc3O2)CSS4)C(C)(C)N1O. The predicted molar refractivity (Wildman–Crippen MR) is 115 cm³/mol. The van der Waals surface area contributed by atoms with E-state index >= 15 is 0 Å². The Hall–Kier alpha value is -0.700. The highest BCUT2D eigenvalue weighted by molar-refractivity contribution is 8.76. The van der Waals surface area contributed by atoms with E-state index in [1.165, 1.54) is 21.1 Å². The van der Waals surface area contributed by atoms with E-state index in [0.29, 0.717) is 13.1 Å². The maximum absolute atomic E-state index is 10.7. The van der Waals surface area contributed by atoms with Crippen molar-refractivity contribution in [2.24, 2.45) is 0 Å². The number of hydrogen-bond donors (Lipinski definition) is 3. The fraction of sp³-hybridized carbons (Fsp3) is 0.619. The third-order valence-corrected chi connectivity index (χ3v) is 8.42. The molecule has 0 bridgehead atoms. The summed E-state index contributed by atoms with van der Waals surface area (Å²) < 4.78 is 6.16. The predicted octanol–water partition coefficient (Wildman–Crippen LogP) is 3.77. The van der Waals surface area contributed by atoms with Crippen molar-refractivity contribution >= 4 is 21.6 Å². The van der Waals surface area contributed by atoms with Crippen LogP contribution in [-0.2, 0) is 12.2 Å². The molecule has 3 aliphatic rings. The molecule has 3 aliphatic heterocycles. The zero-order chi connectivity index (χ0) is 20.1. The second-order valence-corrected chi connectivity index (χ2v) is 11.3. The number of nitrogens with zero attached hydrogens (tertiary/aromatic N) is 1. The van der Waals surface area contributed by atoms with Crippen molar-refractivity contribution in [2.75, 3.05) is 13.1 Å².